The highest BCUT2D eigenvalue weighted by Gasteiger charge is 2.35. The van der Waals surface area contributed by atoms with Crippen LogP contribution < -0.4 is 0 Å². The number of hydrogen-bond acceptors (Lipinski definition) is 4. The molecule has 0 aromatic heterocycles. The highest BCUT2D eigenvalue weighted by atomic mass is 35.5. The minimum absolute atomic E-state index is 0.00703. The second-order valence-corrected chi connectivity index (χ2v) is 11.8. The van der Waals surface area contributed by atoms with Crippen LogP contribution in [0.25, 0.3) is 0 Å². The van der Waals surface area contributed by atoms with Gasteiger partial charge in [0.25, 0.3) is 0 Å². The Labute approximate surface area is 204 Å². The van der Waals surface area contributed by atoms with E-state index in [1.54, 1.807) is 6.08 Å². The first kappa shape index (κ1) is 27.3. The zero-order valence-corrected chi connectivity index (χ0v) is 22.1. The molecule has 0 amide bonds. The molecule has 4 unspecified atom stereocenters. The predicted octanol–water partition coefficient (Wildman–Crippen LogP) is 5.55. The van der Waals surface area contributed by atoms with Gasteiger partial charge in [0, 0.05) is 41.2 Å². The Morgan fingerprint density at radius 3 is 2.25 bits per heavy atom. The van der Waals surface area contributed by atoms with E-state index in [1.807, 2.05) is 12.3 Å². The van der Waals surface area contributed by atoms with Crippen molar-refractivity contribution < 1.29 is 10.2 Å². The van der Waals surface area contributed by atoms with Gasteiger partial charge >= 0.3 is 0 Å². The van der Waals surface area contributed by atoms with Gasteiger partial charge in [0.1, 0.15) is 0 Å². The summed E-state index contributed by atoms with van der Waals surface area (Å²) in [4.78, 5) is 6.87. The van der Waals surface area contributed by atoms with Crippen LogP contribution in [0, 0.1) is 22.7 Å². The lowest BCUT2D eigenvalue weighted by atomic mass is 9.69. The summed E-state index contributed by atoms with van der Waals surface area (Å²) in [6.07, 6.45) is 8.32. The van der Waals surface area contributed by atoms with Crippen LogP contribution in [0.4, 0.5) is 0 Å². The quantitative estimate of drug-likeness (QED) is 0.467. The summed E-state index contributed by atoms with van der Waals surface area (Å²) in [5.74, 6) is -0.101. The number of aliphatic hydroxyl groups excluding tert-OH is 2. The number of aliphatic hydroxyl groups is 2. The van der Waals surface area contributed by atoms with Gasteiger partial charge in [-0.3, -0.25) is 4.99 Å². The summed E-state index contributed by atoms with van der Waals surface area (Å²) < 4.78 is 0. The summed E-state index contributed by atoms with van der Waals surface area (Å²) in [6.45, 7) is 18.0. The normalized spacial score (nSPS) is 27.4. The number of hydrogen-bond donors (Lipinski definition) is 2. The molecule has 0 radical (unpaired) electrons. The van der Waals surface area contributed by atoms with Crippen molar-refractivity contribution in [1.29, 1.82) is 0 Å². The molecule has 0 aliphatic heterocycles. The van der Waals surface area contributed by atoms with Crippen molar-refractivity contribution in [2.24, 2.45) is 27.7 Å². The monoisotopic (exact) mass is 482 g/mol. The molecule has 0 fully saturated rings. The van der Waals surface area contributed by atoms with Crippen LogP contribution in [0.3, 0.4) is 0 Å². The van der Waals surface area contributed by atoms with E-state index in [1.165, 1.54) is 5.57 Å². The molecule has 0 bridgehead atoms. The first-order chi connectivity index (χ1) is 14.7. The largest absolute Gasteiger partial charge is 0.388 e. The lowest BCUT2D eigenvalue weighted by Crippen LogP contribution is -2.37. The molecule has 0 heterocycles. The summed E-state index contributed by atoms with van der Waals surface area (Å²) in [6, 6.07) is 0. The number of rotatable bonds is 7. The van der Waals surface area contributed by atoms with Gasteiger partial charge in [0.15, 0.2) is 0 Å². The summed E-state index contributed by atoms with van der Waals surface area (Å²) >= 11 is 12.2. The van der Waals surface area contributed by atoms with Crippen molar-refractivity contribution in [2.45, 2.75) is 60.7 Å². The molecule has 2 rings (SSSR count). The summed E-state index contributed by atoms with van der Waals surface area (Å²) in [5, 5.41) is 22.3. The van der Waals surface area contributed by atoms with Crippen molar-refractivity contribution in [3.8, 4) is 0 Å². The van der Waals surface area contributed by atoms with Crippen LogP contribution in [0.1, 0.15) is 48.5 Å². The van der Waals surface area contributed by atoms with Crippen LogP contribution in [0.5, 0.6) is 0 Å². The molecule has 180 valence electrons. The SMILES string of the molecule is CCN(CCN=CC1=CC(C(C)(C)C)=CC(C(C)(C)C)C1O)CC1C=C(Cl)C=C(Cl)C1O. The Balaban J connectivity index is 2.05. The molecule has 0 saturated carbocycles. The summed E-state index contributed by atoms with van der Waals surface area (Å²) in [5.41, 5.74) is 2.06. The van der Waals surface area contributed by atoms with Gasteiger partial charge in [-0.15, -0.1) is 0 Å². The summed E-state index contributed by atoms with van der Waals surface area (Å²) in [7, 11) is 0. The molecule has 2 aliphatic rings. The van der Waals surface area contributed by atoms with E-state index in [4.69, 9.17) is 23.2 Å². The van der Waals surface area contributed by atoms with E-state index in [0.29, 0.717) is 23.2 Å². The maximum absolute atomic E-state index is 11.0. The van der Waals surface area contributed by atoms with Crippen molar-refractivity contribution in [3.63, 3.8) is 0 Å². The molecule has 0 spiro atoms. The fourth-order valence-electron chi connectivity index (χ4n) is 4.07. The third-order valence-corrected chi connectivity index (χ3v) is 6.84. The minimum Gasteiger partial charge on any atom is -0.388 e. The Morgan fingerprint density at radius 1 is 1.03 bits per heavy atom. The van der Waals surface area contributed by atoms with E-state index < -0.39 is 12.2 Å². The topological polar surface area (TPSA) is 56.1 Å². The first-order valence-electron chi connectivity index (χ1n) is 11.5. The van der Waals surface area contributed by atoms with Crippen molar-refractivity contribution in [3.05, 3.63) is 45.5 Å². The number of aliphatic imine (C=N–C) groups is 1. The van der Waals surface area contributed by atoms with E-state index in [0.717, 1.165) is 18.7 Å². The Morgan fingerprint density at radius 2 is 1.69 bits per heavy atom. The van der Waals surface area contributed by atoms with Crippen LogP contribution >= 0.6 is 23.2 Å². The third-order valence-electron chi connectivity index (χ3n) is 6.27. The fraction of sp³-hybridized carbons (Fsp3) is 0.654. The van der Waals surface area contributed by atoms with E-state index in [-0.39, 0.29) is 22.7 Å². The Kier molecular flexibility index (Phi) is 9.41. The second kappa shape index (κ2) is 11.0. The van der Waals surface area contributed by atoms with Gasteiger partial charge in [-0.2, -0.15) is 0 Å². The van der Waals surface area contributed by atoms with E-state index in [2.05, 4.69) is 70.5 Å². The standard InChI is InChI=1S/C26H40Cl2N2O2/c1-8-30(16-18-12-20(27)14-22(28)24(18)32)10-9-29-15-17-11-19(25(2,3)4)13-21(23(17)31)26(5,6)7/h11-15,18,21,23-24,31-32H,8-10,16H2,1-7H3. The Bertz CT molecular complexity index is 813. The third kappa shape index (κ3) is 7.30. The predicted molar refractivity (Wildman–Crippen MR) is 137 cm³/mol. The smallest absolute Gasteiger partial charge is 0.0971 e. The van der Waals surface area contributed by atoms with Gasteiger partial charge in [-0.1, -0.05) is 89.9 Å². The molecule has 0 aromatic carbocycles. The highest BCUT2D eigenvalue weighted by molar-refractivity contribution is 6.35. The molecule has 0 saturated heterocycles. The molecular weight excluding hydrogens is 443 g/mol. The molecule has 4 nitrogen and oxygen atoms in total. The fourth-order valence-corrected chi connectivity index (χ4v) is 4.69. The van der Waals surface area contributed by atoms with Crippen LogP contribution in [-0.4, -0.2) is 59.7 Å². The maximum Gasteiger partial charge on any atom is 0.0971 e. The number of nitrogens with zero attached hydrogens (tertiary/aromatic N) is 2. The number of halogens is 2. The average Bonchev–Trinajstić information content (AvgIpc) is 2.67. The van der Waals surface area contributed by atoms with E-state index in [9.17, 15) is 10.2 Å². The van der Waals surface area contributed by atoms with Crippen molar-refractivity contribution >= 4 is 29.4 Å². The van der Waals surface area contributed by atoms with Gasteiger partial charge < -0.3 is 15.1 Å². The number of likely N-dealkylation sites (N-methyl/N-ethyl adjacent to an activating group) is 1. The maximum atomic E-state index is 11.0. The number of allylic oxidation sites excluding steroid dienone is 4. The zero-order valence-electron chi connectivity index (χ0n) is 20.6. The molecule has 2 aliphatic carbocycles. The Hall–Kier alpha value is -0.910. The van der Waals surface area contributed by atoms with Crippen LogP contribution in [0.2, 0.25) is 0 Å². The molecule has 2 N–H and O–H groups in total. The highest BCUT2D eigenvalue weighted by Crippen LogP contribution is 2.40. The molecule has 4 atom stereocenters. The first-order valence-corrected chi connectivity index (χ1v) is 12.3. The minimum atomic E-state index is -0.726. The van der Waals surface area contributed by atoms with Gasteiger partial charge in [-0.25, -0.2) is 0 Å². The zero-order chi connectivity index (χ0) is 24.3. The average molecular weight is 484 g/mol. The van der Waals surface area contributed by atoms with E-state index >= 15 is 0 Å². The van der Waals surface area contributed by atoms with Crippen LogP contribution in [-0.2, 0) is 0 Å². The molecular formula is C26H40Cl2N2O2. The van der Waals surface area contributed by atoms with Crippen LogP contribution in [0.15, 0.2) is 50.5 Å². The lowest BCUT2D eigenvalue weighted by molar-refractivity contribution is 0.100. The van der Waals surface area contributed by atoms with Gasteiger partial charge in [0.05, 0.1) is 18.8 Å². The second-order valence-electron chi connectivity index (χ2n) is 11.0. The lowest BCUT2D eigenvalue weighted by Gasteiger charge is -2.38. The molecule has 6 heteroatoms. The molecule has 0 aromatic rings. The van der Waals surface area contributed by atoms with Crippen molar-refractivity contribution in [2.75, 3.05) is 26.2 Å². The van der Waals surface area contributed by atoms with Gasteiger partial charge in [0.2, 0.25) is 0 Å². The van der Waals surface area contributed by atoms with Crippen molar-refractivity contribution in [1.82, 2.24) is 4.90 Å². The van der Waals surface area contributed by atoms with Gasteiger partial charge in [-0.05, 0) is 34.6 Å². The molecule has 32 heavy (non-hydrogen) atoms.